The number of halogens is 1. The van der Waals surface area contributed by atoms with Crippen molar-refractivity contribution in [3.8, 4) is 17.1 Å². The Hall–Kier alpha value is -4.16. The quantitative estimate of drug-likeness (QED) is 0.353. The summed E-state index contributed by atoms with van der Waals surface area (Å²) in [4.78, 5) is 29.7. The third-order valence-electron chi connectivity index (χ3n) is 5.89. The van der Waals surface area contributed by atoms with Gasteiger partial charge in [0.25, 0.3) is 5.91 Å². The van der Waals surface area contributed by atoms with Crippen molar-refractivity contribution in [1.82, 2.24) is 29.8 Å². The molecule has 0 spiro atoms. The molecule has 4 aromatic rings. The van der Waals surface area contributed by atoms with Crippen molar-refractivity contribution in [2.45, 2.75) is 31.4 Å². The number of hydrogen-bond acceptors (Lipinski definition) is 9. The molecular formula is C24H24FN7O4. The third kappa shape index (κ3) is 4.55. The highest BCUT2D eigenvalue weighted by Crippen LogP contribution is 2.33. The molecule has 186 valence electrons. The standard InChI is InChI=1S/C24H24FN7O4/c1-26-24(34)20-17(33)8-18(36-20)32-12-29-19-22(28-9-13-4-3-5-16(6-13)35-2)30-21(31-23(19)32)14-7-15(25)11-27-10-14/h3-7,10-12,17-18,20,33H,8-9H2,1-2H3,(H,26,34)(H,28,30,31)/t17-,18+,20-/m0/s1. The summed E-state index contributed by atoms with van der Waals surface area (Å²) in [5.41, 5.74) is 2.18. The number of methoxy groups -OCH3 is 1. The van der Waals surface area contributed by atoms with Gasteiger partial charge in [-0.15, -0.1) is 0 Å². The van der Waals surface area contributed by atoms with E-state index in [9.17, 15) is 14.3 Å². The maximum atomic E-state index is 13.9. The fourth-order valence-corrected chi connectivity index (χ4v) is 4.09. The Bertz CT molecular complexity index is 1410. The van der Waals surface area contributed by atoms with Crippen LogP contribution in [0.3, 0.4) is 0 Å². The van der Waals surface area contributed by atoms with E-state index in [0.717, 1.165) is 17.5 Å². The van der Waals surface area contributed by atoms with Gasteiger partial charge in [0, 0.05) is 31.8 Å². The van der Waals surface area contributed by atoms with Crippen LogP contribution in [0.2, 0.25) is 0 Å². The first kappa shape index (κ1) is 23.6. The molecule has 1 aromatic carbocycles. The predicted octanol–water partition coefficient (Wildman–Crippen LogP) is 2.04. The normalized spacial score (nSPS) is 19.4. The number of hydrogen-bond donors (Lipinski definition) is 3. The molecule has 3 atom stereocenters. The smallest absolute Gasteiger partial charge is 0.251 e. The van der Waals surface area contributed by atoms with Crippen molar-refractivity contribution in [2.24, 2.45) is 0 Å². The zero-order valence-electron chi connectivity index (χ0n) is 19.6. The largest absolute Gasteiger partial charge is 0.497 e. The summed E-state index contributed by atoms with van der Waals surface area (Å²) >= 11 is 0. The number of nitrogens with one attached hydrogen (secondary N) is 2. The van der Waals surface area contributed by atoms with Gasteiger partial charge in [0.2, 0.25) is 0 Å². The van der Waals surface area contributed by atoms with E-state index in [-0.39, 0.29) is 12.2 Å². The van der Waals surface area contributed by atoms with Crippen LogP contribution in [-0.4, -0.2) is 61.9 Å². The molecule has 11 nitrogen and oxygen atoms in total. The van der Waals surface area contributed by atoms with Gasteiger partial charge >= 0.3 is 0 Å². The number of pyridine rings is 1. The van der Waals surface area contributed by atoms with Crippen molar-refractivity contribution in [3.63, 3.8) is 0 Å². The highest BCUT2D eigenvalue weighted by atomic mass is 19.1. The highest BCUT2D eigenvalue weighted by molar-refractivity contribution is 5.85. The minimum atomic E-state index is -1.02. The minimum absolute atomic E-state index is 0.164. The third-order valence-corrected chi connectivity index (χ3v) is 5.89. The summed E-state index contributed by atoms with van der Waals surface area (Å²) in [6.45, 7) is 0.411. The lowest BCUT2D eigenvalue weighted by atomic mass is 10.1. The SMILES string of the molecule is CNC(=O)[C@H]1O[C@@H](n2cnc3c(NCc4cccc(OC)c4)nc(-c4cncc(F)c4)nc32)C[C@@H]1O. The second-order valence-electron chi connectivity index (χ2n) is 8.25. The Morgan fingerprint density at radius 2 is 2.17 bits per heavy atom. The van der Waals surface area contributed by atoms with Crippen LogP contribution in [0.4, 0.5) is 10.2 Å². The number of rotatable bonds is 7. The second-order valence-corrected chi connectivity index (χ2v) is 8.25. The maximum absolute atomic E-state index is 13.9. The number of amides is 1. The molecule has 1 aliphatic heterocycles. The molecule has 3 aromatic heterocycles. The van der Waals surface area contributed by atoms with Crippen LogP contribution in [0.25, 0.3) is 22.6 Å². The molecule has 12 heteroatoms. The number of carbonyl (C=O) groups excluding carboxylic acids is 1. The molecule has 1 amide bonds. The predicted molar refractivity (Wildman–Crippen MR) is 127 cm³/mol. The topological polar surface area (TPSA) is 136 Å². The van der Waals surface area contributed by atoms with E-state index in [1.54, 1.807) is 11.7 Å². The molecule has 0 aliphatic carbocycles. The Kier molecular flexibility index (Phi) is 6.44. The van der Waals surface area contributed by atoms with Crippen LogP contribution in [0.5, 0.6) is 5.75 Å². The summed E-state index contributed by atoms with van der Waals surface area (Å²) in [5.74, 6) is 0.427. The molecule has 0 radical (unpaired) electrons. The van der Waals surface area contributed by atoms with Gasteiger partial charge in [-0.05, 0) is 23.8 Å². The van der Waals surface area contributed by atoms with Crippen molar-refractivity contribution >= 4 is 22.9 Å². The van der Waals surface area contributed by atoms with Gasteiger partial charge in [0.15, 0.2) is 28.9 Å². The lowest BCUT2D eigenvalue weighted by Gasteiger charge is -2.15. The van der Waals surface area contributed by atoms with Crippen LogP contribution in [0.1, 0.15) is 18.2 Å². The number of fused-ring (bicyclic) bond motifs is 1. The Labute approximate surface area is 205 Å². The number of ether oxygens (including phenoxy) is 2. The number of aliphatic hydroxyl groups excluding tert-OH is 1. The summed E-state index contributed by atoms with van der Waals surface area (Å²) in [5, 5.41) is 16.1. The molecule has 0 unspecified atom stereocenters. The molecule has 1 aliphatic rings. The summed E-state index contributed by atoms with van der Waals surface area (Å²) in [7, 11) is 3.08. The zero-order chi connectivity index (χ0) is 25.2. The van der Waals surface area contributed by atoms with E-state index in [1.807, 2.05) is 24.3 Å². The van der Waals surface area contributed by atoms with Crippen LogP contribution in [-0.2, 0) is 16.1 Å². The first-order chi connectivity index (χ1) is 17.5. The summed E-state index contributed by atoms with van der Waals surface area (Å²) in [6, 6.07) is 8.86. The number of carbonyl (C=O) groups is 1. The molecule has 1 saturated heterocycles. The van der Waals surface area contributed by atoms with Crippen LogP contribution >= 0.6 is 0 Å². The van der Waals surface area contributed by atoms with Crippen LogP contribution < -0.4 is 15.4 Å². The monoisotopic (exact) mass is 493 g/mol. The number of imidazole rings is 1. The van der Waals surface area contributed by atoms with Gasteiger partial charge in [-0.25, -0.2) is 19.3 Å². The van der Waals surface area contributed by atoms with Crippen molar-refractivity contribution in [3.05, 3.63) is 60.4 Å². The number of benzene rings is 1. The van der Waals surface area contributed by atoms with E-state index in [1.165, 1.54) is 25.6 Å². The molecular weight excluding hydrogens is 469 g/mol. The maximum Gasteiger partial charge on any atom is 0.251 e. The van der Waals surface area contributed by atoms with E-state index in [0.29, 0.717) is 29.1 Å². The molecule has 3 N–H and O–H groups in total. The van der Waals surface area contributed by atoms with Gasteiger partial charge in [0.1, 0.15) is 17.8 Å². The van der Waals surface area contributed by atoms with E-state index in [4.69, 9.17) is 9.47 Å². The highest BCUT2D eigenvalue weighted by Gasteiger charge is 2.40. The molecule has 5 rings (SSSR count). The average molecular weight is 493 g/mol. The molecule has 1 fully saturated rings. The Balaban J connectivity index is 1.54. The van der Waals surface area contributed by atoms with E-state index in [2.05, 4.69) is 30.6 Å². The zero-order valence-corrected chi connectivity index (χ0v) is 19.6. The molecule has 0 saturated carbocycles. The van der Waals surface area contributed by atoms with Crippen molar-refractivity contribution in [1.29, 1.82) is 0 Å². The summed E-state index contributed by atoms with van der Waals surface area (Å²) < 4.78 is 26.7. The number of nitrogens with zero attached hydrogens (tertiary/aromatic N) is 5. The Morgan fingerprint density at radius 1 is 1.31 bits per heavy atom. The first-order valence-corrected chi connectivity index (χ1v) is 11.2. The van der Waals surface area contributed by atoms with Gasteiger partial charge in [-0.1, -0.05) is 12.1 Å². The molecule has 4 heterocycles. The van der Waals surface area contributed by atoms with Crippen LogP contribution in [0, 0.1) is 5.82 Å². The fourth-order valence-electron chi connectivity index (χ4n) is 4.09. The lowest BCUT2D eigenvalue weighted by Crippen LogP contribution is -2.38. The second kappa shape index (κ2) is 9.84. The molecule has 36 heavy (non-hydrogen) atoms. The molecule has 0 bridgehead atoms. The van der Waals surface area contributed by atoms with Gasteiger partial charge in [-0.2, -0.15) is 0 Å². The van der Waals surface area contributed by atoms with Crippen molar-refractivity contribution < 1.29 is 23.8 Å². The van der Waals surface area contributed by atoms with E-state index < -0.39 is 30.2 Å². The van der Waals surface area contributed by atoms with Gasteiger partial charge < -0.3 is 25.2 Å². The number of aromatic nitrogens is 5. The van der Waals surface area contributed by atoms with Gasteiger partial charge in [0.05, 0.1) is 25.7 Å². The Morgan fingerprint density at radius 3 is 2.94 bits per heavy atom. The fraction of sp³-hybridized carbons (Fsp3) is 0.292. The van der Waals surface area contributed by atoms with E-state index >= 15 is 0 Å². The van der Waals surface area contributed by atoms with Crippen LogP contribution in [0.15, 0.2) is 49.1 Å². The number of likely N-dealkylation sites (N-methyl/N-ethyl adjacent to an activating group) is 1. The number of aliphatic hydroxyl groups is 1. The van der Waals surface area contributed by atoms with Gasteiger partial charge in [-0.3, -0.25) is 14.3 Å². The summed E-state index contributed by atoms with van der Waals surface area (Å²) in [6.07, 6.45) is 1.55. The lowest BCUT2D eigenvalue weighted by molar-refractivity contribution is -0.137. The van der Waals surface area contributed by atoms with Crippen molar-refractivity contribution in [2.75, 3.05) is 19.5 Å². The first-order valence-electron chi connectivity index (χ1n) is 11.2. The number of anilines is 1. The average Bonchev–Trinajstić information content (AvgIpc) is 3.50. The minimum Gasteiger partial charge on any atom is -0.497 e.